The SMILES string of the molecule is Cl.Nc1ccn(-c2ccc(Br)cc2)n1. The molecule has 0 saturated heterocycles. The zero-order valence-electron chi connectivity index (χ0n) is 7.22. The minimum Gasteiger partial charge on any atom is -0.382 e. The van der Waals surface area contributed by atoms with Gasteiger partial charge in [0.2, 0.25) is 0 Å². The molecule has 2 rings (SSSR count). The van der Waals surface area contributed by atoms with E-state index in [1.165, 1.54) is 0 Å². The smallest absolute Gasteiger partial charge is 0.145 e. The molecule has 0 spiro atoms. The molecule has 0 fully saturated rings. The van der Waals surface area contributed by atoms with E-state index in [4.69, 9.17) is 5.73 Å². The molecule has 3 nitrogen and oxygen atoms in total. The fraction of sp³-hybridized carbons (Fsp3) is 0. The van der Waals surface area contributed by atoms with E-state index in [2.05, 4.69) is 21.0 Å². The van der Waals surface area contributed by atoms with Crippen LogP contribution in [0.15, 0.2) is 41.0 Å². The van der Waals surface area contributed by atoms with Gasteiger partial charge in [0.15, 0.2) is 0 Å². The third-order valence-corrected chi connectivity index (χ3v) is 2.23. The lowest BCUT2D eigenvalue weighted by Gasteiger charge is -1.99. The molecule has 5 heteroatoms. The van der Waals surface area contributed by atoms with Crippen LogP contribution in [-0.4, -0.2) is 9.78 Å². The van der Waals surface area contributed by atoms with Gasteiger partial charge in [-0.05, 0) is 24.3 Å². The first kappa shape index (κ1) is 11.1. The van der Waals surface area contributed by atoms with Crippen LogP contribution < -0.4 is 5.73 Å². The number of hydrogen-bond acceptors (Lipinski definition) is 2. The number of hydrogen-bond donors (Lipinski definition) is 1. The van der Waals surface area contributed by atoms with Crippen LogP contribution in [0, 0.1) is 0 Å². The molecule has 0 aliphatic rings. The summed E-state index contributed by atoms with van der Waals surface area (Å²) in [6.45, 7) is 0. The number of nitrogens with zero attached hydrogens (tertiary/aromatic N) is 2. The van der Waals surface area contributed by atoms with E-state index in [1.807, 2.05) is 30.5 Å². The number of nitrogen functional groups attached to an aromatic ring is 1. The highest BCUT2D eigenvalue weighted by Gasteiger charge is 1.96. The summed E-state index contributed by atoms with van der Waals surface area (Å²) in [6, 6.07) is 9.63. The van der Waals surface area contributed by atoms with E-state index in [-0.39, 0.29) is 12.4 Å². The minimum absolute atomic E-state index is 0. The number of aromatic nitrogens is 2. The van der Waals surface area contributed by atoms with Gasteiger partial charge in [-0.15, -0.1) is 12.4 Å². The summed E-state index contributed by atoms with van der Waals surface area (Å²) in [6.07, 6.45) is 1.83. The predicted octanol–water partition coefficient (Wildman–Crippen LogP) is 2.64. The van der Waals surface area contributed by atoms with E-state index in [0.717, 1.165) is 10.2 Å². The summed E-state index contributed by atoms with van der Waals surface area (Å²) in [5.41, 5.74) is 6.50. The van der Waals surface area contributed by atoms with Crippen LogP contribution in [-0.2, 0) is 0 Å². The van der Waals surface area contributed by atoms with E-state index >= 15 is 0 Å². The van der Waals surface area contributed by atoms with Crippen molar-refractivity contribution in [1.29, 1.82) is 0 Å². The van der Waals surface area contributed by atoms with Crippen molar-refractivity contribution in [2.45, 2.75) is 0 Å². The van der Waals surface area contributed by atoms with Gasteiger partial charge in [-0.25, -0.2) is 4.68 Å². The Morgan fingerprint density at radius 1 is 1.14 bits per heavy atom. The highest BCUT2D eigenvalue weighted by molar-refractivity contribution is 9.10. The van der Waals surface area contributed by atoms with Crippen molar-refractivity contribution in [3.63, 3.8) is 0 Å². The van der Waals surface area contributed by atoms with Crippen molar-refractivity contribution >= 4 is 34.2 Å². The molecule has 0 aliphatic heterocycles. The normalized spacial score (nSPS) is 9.50. The van der Waals surface area contributed by atoms with E-state index in [1.54, 1.807) is 10.7 Å². The Balaban J connectivity index is 0.000000980. The maximum Gasteiger partial charge on any atom is 0.145 e. The molecule has 0 saturated carbocycles. The lowest BCUT2D eigenvalue weighted by molar-refractivity contribution is 0.886. The van der Waals surface area contributed by atoms with Crippen LogP contribution in [0.25, 0.3) is 5.69 Å². The third-order valence-electron chi connectivity index (χ3n) is 1.70. The van der Waals surface area contributed by atoms with E-state index in [0.29, 0.717) is 5.82 Å². The van der Waals surface area contributed by atoms with Gasteiger partial charge in [0.05, 0.1) is 5.69 Å². The molecule has 0 bridgehead atoms. The fourth-order valence-electron chi connectivity index (χ4n) is 1.08. The Hall–Kier alpha value is -1.00. The Kier molecular flexibility index (Phi) is 3.55. The Morgan fingerprint density at radius 2 is 1.79 bits per heavy atom. The third kappa shape index (κ3) is 2.27. The average molecular weight is 275 g/mol. The minimum atomic E-state index is 0. The molecule has 0 radical (unpaired) electrons. The number of benzene rings is 1. The van der Waals surface area contributed by atoms with Crippen molar-refractivity contribution in [2.24, 2.45) is 0 Å². The summed E-state index contributed by atoms with van der Waals surface area (Å²) in [4.78, 5) is 0. The molecule has 0 atom stereocenters. The molecular weight excluding hydrogens is 265 g/mol. The monoisotopic (exact) mass is 273 g/mol. The zero-order valence-corrected chi connectivity index (χ0v) is 9.62. The number of halogens is 2. The summed E-state index contributed by atoms with van der Waals surface area (Å²) in [7, 11) is 0. The highest BCUT2D eigenvalue weighted by atomic mass is 79.9. The molecule has 1 aromatic heterocycles. The Morgan fingerprint density at radius 3 is 2.29 bits per heavy atom. The lowest BCUT2D eigenvalue weighted by atomic mass is 10.3. The van der Waals surface area contributed by atoms with Gasteiger partial charge in [-0.1, -0.05) is 15.9 Å². The van der Waals surface area contributed by atoms with Crippen LogP contribution in [0.4, 0.5) is 5.82 Å². The van der Waals surface area contributed by atoms with Crippen LogP contribution >= 0.6 is 28.3 Å². The van der Waals surface area contributed by atoms with E-state index in [9.17, 15) is 0 Å². The first-order valence-electron chi connectivity index (χ1n) is 3.83. The zero-order chi connectivity index (χ0) is 9.26. The quantitative estimate of drug-likeness (QED) is 0.869. The van der Waals surface area contributed by atoms with Gasteiger partial charge < -0.3 is 5.73 Å². The fourth-order valence-corrected chi connectivity index (χ4v) is 1.34. The second-order valence-electron chi connectivity index (χ2n) is 2.66. The van der Waals surface area contributed by atoms with Crippen LogP contribution in [0.3, 0.4) is 0 Å². The van der Waals surface area contributed by atoms with Gasteiger partial charge >= 0.3 is 0 Å². The molecular formula is C9H9BrClN3. The molecule has 2 N–H and O–H groups in total. The summed E-state index contributed by atoms with van der Waals surface area (Å²) >= 11 is 3.37. The standard InChI is InChI=1S/C9H8BrN3.ClH/c10-7-1-3-8(4-2-7)13-6-5-9(11)12-13;/h1-6H,(H2,11,12);1H. The lowest BCUT2D eigenvalue weighted by Crippen LogP contribution is -1.95. The van der Waals surface area contributed by atoms with Crippen molar-refractivity contribution in [2.75, 3.05) is 5.73 Å². The van der Waals surface area contributed by atoms with Gasteiger partial charge in [0.1, 0.15) is 5.82 Å². The van der Waals surface area contributed by atoms with Crippen LogP contribution in [0.1, 0.15) is 0 Å². The van der Waals surface area contributed by atoms with Gasteiger partial charge in [-0.3, -0.25) is 0 Å². The topological polar surface area (TPSA) is 43.8 Å². The highest BCUT2D eigenvalue weighted by Crippen LogP contribution is 2.13. The number of nitrogens with two attached hydrogens (primary N) is 1. The first-order chi connectivity index (χ1) is 6.25. The second kappa shape index (κ2) is 4.48. The van der Waals surface area contributed by atoms with Crippen molar-refractivity contribution < 1.29 is 0 Å². The summed E-state index contributed by atoms with van der Waals surface area (Å²) in [5.74, 6) is 0.530. The summed E-state index contributed by atoms with van der Waals surface area (Å²) in [5, 5.41) is 4.09. The first-order valence-corrected chi connectivity index (χ1v) is 4.62. The molecule has 1 aromatic carbocycles. The van der Waals surface area contributed by atoms with Gasteiger partial charge in [0.25, 0.3) is 0 Å². The largest absolute Gasteiger partial charge is 0.382 e. The van der Waals surface area contributed by atoms with Crippen molar-refractivity contribution in [1.82, 2.24) is 9.78 Å². The number of rotatable bonds is 1. The maximum atomic E-state index is 5.50. The van der Waals surface area contributed by atoms with Crippen molar-refractivity contribution in [3.05, 3.63) is 41.0 Å². The van der Waals surface area contributed by atoms with E-state index < -0.39 is 0 Å². The summed E-state index contributed by atoms with van der Waals surface area (Å²) < 4.78 is 2.79. The number of anilines is 1. The molecule has 1 heterocycles. The molecule has 74 valence electrons. The maximum absolute atomic E-state index is 5.50. The Labute approximate surface area is 96.5 Å². The molecule has 0 aliphatic carbocycles. The van der Waals surface area contributed by atoms with Crippen LogP contribution in [0.5, 0.6) is 0 Å². The molecule has 2 aromatic rings. The predicted molar refractivity (Wildman–Crippen MR) is 62.9 cm³/mol. The molecule has 0 unspecified atom stereocenters. The molecule has 0 amide bonds. The van der Waals surface area contributed by atoms with Crippen molar-refractivity contribution in [3.8, 4) is 5.69 Å². The Bertz CT molecular complexity index is 410. The van der Waals surface area contributed by atoms with Gasteiger partial charge in [-0.2, -0.15) is 5.10 Å². The second-order valence-corrected chi connectivity index (χ2v) is 3.58. The molecule has 14 heavy (non-hydrogen) atoms. The average Bonchev–Trinajstić information content (AvgIpc) is 2.53. The van der Waals surface area contributed by atoms with Gasteiger partial charge in [0, 0.05) is 16.7 Å². The van der Waals surface area contributed by atoms with Crippen LogP contribution in [0.2, 0.25) is 0 Å².